The number of aliphatic hydroxyl groups is 1. The second-order valence-electron chi connectivity index (χ2n) is 8.29. The van der Waals surface area contributed by atoms with Gasteiger partial charge in [-0.2, -0.15) is 5.10 Å². The minimum Gasteiger partial charge on any atom is -0.432 e. The van der Waals surface area contributed by atoms with Gasteiger partial charge in [0.15, 0.2) is 5.69 Å². The number of nitrogens with one attached hydrogen (secondary N) is 1. The molecule has 1 aliphatic heterocycles. The van der Waals surface area contributed by atoms with Crippen molar-refractivity contribution in [3.8, 4) is 0 Å². The lowest BCUT2D eigenvalue weighted by molar-refractivity contribution is 0.0440. The Labute approximate surface area is 184 Å². The number of alkyl halides is 2. The summed E-state index contributed by atoms with van der Waals surface area (Å²) in [6.45, 7) is 2.79. The highest BCUT2D eigenvalue weighted by Gasteiger charge is 2.40. The van der Waals surface area contributed by atoms with E-state index in [9.17, 15) is 23.1 Å². The fraction of sp³-hybridized carbons (Fsp3) is 0.333. The number of nitrogens with zero attached hydrogens (tertiary/aromatic N) is 5. The van der Waals surface area contributed by atoms with Crippen LogP contribution in [0.15, 0.2) is 35.1 Å². The summed E-state index contributed by atoms with van der Waals surface area (Å²) in [6.07, 6.45) is 0.226. The maximum atomic E-state index is 13.7. The first kappa shape index (κ1) is 21.2. The largest absolute Gasteiger partial charge is 0.432 e. The molecule has 0 spiro atoms. The van der Waals surface area contributed by atoms with Gasteiger partial charge < -0.3 is 19.4 Å². The minimum absolute atomic E-state index is 0.155. The zero-order valence-electron chi connectivity index (χ0n) is 17.6. The van der Waals surface area contributed by atoms with E-state index in [0.717, 1.165) is 5.69 Å². The van der Waals surface area contributed by atoms with E-state index in [1.165, 1.54) is 47.9 Å². The highest BCUT2D eigenvalue weighted by atomic mass is 19.3. The predicted octanol–water partition coefficient (Wildman–Crippen LogP) is 3.14. The lowest BCUT2D eigenvalue weighted by Crippen LogP contribution is -2.41. The summed E-state index contributed by atoms with van der Waals surface area (Å²) in [5, 5.41) is 14.6. The van der Waals surface area contributed by atoms with Gasteiger partial charge in [0.25, 0.3) is 12.3 Å². The van der Waals surface area contributed by atoms with Crippen molar-refractivity contribution in [2.24, 2.45) is 0 Å². The molecule has 0 saturated carbocycles. The van der Waals surface area contributed by atoms with Gasteiger partial charge in [-0.15, -0.1) is 0 Å². The summed E-state index contributed by atoms with van der Waals surface area (Å²) in [5.74, 6) is -2.33. The number of halogens is 3. The van der Waals surface area contributed by atoms with Gasteiger partial charge in [0.2, 0.25) is 11.7 Å². The van der Waals surface area contributed by atoms with Crippen molar-refractivity contribution in [3.63, 3.8) is 0 Å². The van der Waals surface area contributed by atoms with Crippen LogP contribution in [-0.4, -0.2) is 47.0 Å². The average molecular weight is 460 g/mol. The normalized spacial score (nSPS) is 16.6. The van der Waals surface area contributed by atoms with E-state index in [4.69, 9.17) is 4.42 Å². The van der Waals surface area contributed by atoms with Crippen molar-refractivity contribution in [3.05, 3.63) is 71.0 Å². The number of carbonyl (C=O) groups is 1. The highest BCUT2D eigenvalue weighted by Crippen LogP contribution is 2.36. The molecule has 0 aliphatic carbocycles. The lowest BCUT2D eigenvalue weighted by Gasteiger charge is -2.33. The number of hydrogen-bond acceptors (Lipinski definition) is 6. The zero-order valence-corrected chi connectivity index (χ0v) is 17.6. The molecule has 5 heterocycles. The number of aromatic amines is 1. The van der Waals surface area contributed by atoms with Gasteiger partial charge in [0.1, 0.15) is 17.5 Å². The summed E-state index contributed by atoms with van der Waals surface area (Å²) >= 11 is 0. The number of amides is 1. The number of hydrogen-bond donors (Lipinski definition) is 2. The van der Waals surface area contributed by atoms with Crippen LogP contribution in [0.4, 0.5) is 13.2 Å². The maximum absolute atomic E-state index is 13.7. The molecule has 12 heteroatoms. The molecule has 2 N–H and O–H groups in total. The van der Waals surface area contributed by atoms with E-state index >= 15 is 0 Å². The molecular formula is C21H19F3N6O3. The molecule has 4 aromatic rings. The Morgan fingerprint density at radius 1 is 1.36 bits per heavy atom. The lowest BCUT2D eigenvalue weighted by atomic mass is 9.99. The van der Waals surface area contributed by atoms with E-state index in [-0.39, 0.29) is 6.54 Å². The summed E-state index contributed by atoms with van der Waals surface area (Å²) in [6, 6.07) is 3.30. The van der Waals surface area contributed by atoms with Crippen LogP contribution in [0, 0.1) is 5.82 Å². The van der Waals surface area contributed by atoms with E-state index in [2.05, 4.69) is 20.1 Å². The summed E-state index contributed by atoms with van der Waals surface area (Å²) < 4.78 is 47.9. The topological polar surface area (TPSA) is 113 Å². The number of fused-ring (bicyclic) bond motifs is 2. The molecule has 0 fully saturated rings. The Kier molecular flexibility index (Phi) is 4.78. The second-order valence-corrected chi connectivity index (χ2v) is 8.29. The van der Waals surface area contributed by atoms with Crippen LogP contribution in [0.1, 0.15) is 65.5 Å². The molecule has 0 unspecified atom stereocenters. The smallest absolute Gasteiger partial charge is 0.292 e. The average Bonchev–Trinajstić information content (AvgIpc) is 3.48. The summed E-state index contributed by atoms with van der Waals surface area (Å²) in [7, 11) is 0. The summed E-state index contributed by atoms with van der Waals surface area (Å²) in [4.78, 5) is 25.8. The molecule has 1 atom stereocenters. The third-order valence-electron chi connectivity index (χ3n) is 5.49. The first-order valence-electron chi connectivity index (χ1n) is 10.1. The Hall–Kier alpha value is -3.67. The number of aromatic nitrogens is 5. The predicted molar refractivity (Wildman–Crippen MR) is 107 cm³/mol. The molecule has 9 nitrogen and oxygen atoms in total. The van der Waals surface area contributed by atoms with Crippen molar-refractivity contribution in [1.29, 1.82) is 0 Å². The van der Waals surface area contributed by atoms with Crippen LogP contribution in [0.25, 0.3) is 5.52 Å². The van der Waals surface area contributed by atoms with Crippen molar-refractivity contribution in [1.82, 2.24) is 29.5 Å². The standard InChI is InChI=1S/C21H19F3N6O3/c1-21(2,32)20-27-15(18(23)24)17(33-20)19(31)29-5-4-12-14(26-9-25-12)16(29)13-8-11-7-10(22)3-6-30(11)28-13/h3,6-9,16,18,32H,4-5H2,1-2H3,(H,25,26)/t16-/m0/s1. The van der Waals surface area contributed by atoms with Crippen molar-refractivity contribution in [2.45, 2.75) is 38.3 Å². The third kappa shape index (κ3) is 3.55. The first-order chi connectivity index (χ1) is 15.6. The molecule has 0 saturated heterocycles. The molecule has 33 heavy (non-hydrogen) atoms. The van der Waals surface area contributed by atoms with Crippen LogP contribution in [0.5, 0.6) is 0 Å². The molecule has 1 amide bonds. The first-order valence-corrected chi connectivity index (χ1v) is 10.1. The van der Waals surface area contributed by atoms with Crippen molar-refractivity contribution in [2.75, 3.05) is 6.54 Å². The fourth-order valence-corrected chi connectivity index (χ4v) is 3.94. The van der Waals surface area contributed by atoms with Gasteiger partial charge in [0.05, 0.1) is 23.2 Å². The SMILES string of the molecule is CC(C)(O)c1nc(C(F)F)c(C(=O)N2CCc3[nH]cnc3[C@@H]2c2cc3cc(F)ccn3n2)o1. The Morgan fingerprint density at radius 2 is 2.15 bits per heavy atom. The van der Waals surface area contributed by atoms with E-state index in [1.54, 1.807) is 6.07 Å². The van der Waals surface area contributed by atoms with Crippen molar-refractivity contribution >= 4 is 11.4 Å². The number of oxazole rings is 1. The monoisotopic (exact) mass is 460 g/mol. The van der Waals surface area contributed by atoms with Crippen LogP contribution in [0.3, 0.4) is 0 Å². The zero-order chi connectivity index (χ0) is 23.5. The Balaban J connectivity index is 1.62. The second kappa shape index (κ2) is 7.44. The van der Waals surface area contributed by atoms with Gasteiger partial charge in [-0.1, -0.05) is 0 Å². The van der Waals surface area contributed by atoms with E-state index in [0.29, 0.717) is 23.3 Å². The Bertz CT molecular complexity index is 1350. The third-order valence-corrected chi connectivity index (χ3v) is 5.49. The van der Waals surface area contributed by atoms with E-state index in [1.807, 2.05) is 0 Å². The quantitative estimate of drug-likeness (QED) is 0.484. The summed E-state index contributed by atoms with van der Waals surface area (Å²) in [5.41, 5.74) is -0.402. The number of rotatable bonds is 4. The molecule has 0 radical (unpaired) electrons. The van der Waals surface area contributed by atoms with Gasteiger partial charge in [-0.05, 0) is 32.0 Å². The van der Waals surface area contributed by atoms with Gasteiger partial charge in [0, 0.05) is 24.9 Å². The van der Waals surface area contributed by atoms with Crippen LogP contribution in [-0.2, 0) is 12.0 Å². The van der Waals surface area contributed by atoms with Gasteiger partial charge in [-0.3, -0.25) is 4.79 Å². The van der Waals surface area contributed by atoms with Crippen LogP contribution < -0.4 is 0 Å². The number of imidazole rings is 1. The molecular weight excluding hydrogens is 441 g/mol. The number of pyridine rings is 1. The number of carbonyl (C=O) groups excluding carboxylic acids is 1. The number of H-pyrrole nitrogens is 1. The molecule has 172 valence electrons. The van der Waals surface area contributed by atoms with Gasteiger partial charge >= 0.3 is 0 Å². The van der Waals surface area contributed by atoms with Crippen LogP contribution in [0.2, 0.25) is 0 Å². The highest BCUT2D eigenvalue weighted by molar-refractivity contribution is 5.93. The molecule has 1 aliphatic rings. The van der Waals surface area contributed by atoms with Gasteiger partial charge in [-0.25, -0.2) is 27.7 Å². The maximum Gasteiger partial charge on any atom is 0.292 e. The molecule has 0 aromatic carbocycles. The van der Waals surface area contributed by atoms with E-state index < -0.39 is 47.1 Å². The fourth-order valence-electron chi connectivity index (χ4n) is 3.94. The Morgan fingerprint density at radius 3 is 2.88 bits per heavy atom. The molecule has 5 rings (SSSR count). The van der Waals surface area contributed by atoms with Crippen LogP contribution >= 0.6 is 0 Å². The molecule has 4 aromatic heterocycles. The minimum atomic E-state index is -3.09. The van der Waals surface area contributed by atoms with Crippen molar-refractivity contribution < 1.29 is 27.5 Å². The molecule has 0 bridgehead atoms.